The van der Waals surface area contributed by atoms with Gasteiger partial charge in [-0.25, -0.2) is 14.8 Å². The number of rotatable bonds is 6. The van der Waals surface area contributed by atoms with E-state index < -0.39 is 5.97 Å². The van der Waals surface area contributed by atoms with Crippen molar-refractivity contribution in [1.29, 1.82) is 0 Å². The zero-order valence-electron chi connectivity index (χ0n) is 8.81. The van der Waals surface area contributed by atoms with E-state index in [1.807, 2.05) is 0 Å². The molecular weight excluding hydrogens is 214 g/mol. The Bertz CT molecular complexity index is 292. The summed E-state index contributed by atoms with van der Waals surface area (Å²) in [6.45, 7) is 1.40. The number of carbonyl (C=O) groups is 2. The van der Waals surface area contributed by atoms with Gasteiger partial charge in [-0.1, -0.05) is 0 Å². The summed E-state index contributed by atoms with van der Waals surface area (Å²) in [6, 6.07) is 0. The van der Waals surface area contributed by atoms with Gasteiger partial charge in [0, 0.05) is 19.5 Å². The van der Waals surface area contributed by atoms with E-state index in [9.17, 15) is 9.59 Å². The van der Waals surface area contributed by atoms with Crippen LogP contribution < -0.4 is 5.17 Å². The molecule has 16 heavy (non-hydrogen) atoms. The number of aliphatic carboxylic acids is 1. The van der Waals surface area contributed by atoms with Crippen LogP contribution in [0, 0.1) is 0 Å². The van der Waals surface area contributed by atoms with E-state index in [1.54, 1.807) is 4.90 Å². The van der Waals surface area contributed by atoms with E-state index in [0.717, 1.165) is 25.2 Å². The van der Waals surface area contributed by atoms with Crippen molar-refractivity contribution in [3.63, 3.8) is 0 Å². The van der Waals surface area contributed by atoms with Gasteiger partial charge in [0.2, 0.25) is 5.91 Å². The number of nitrogens with zero attached hydrogens (tertiary/aromatic N) is 1. The van der Waals surface area contributed by atoms with E-state index in [4.69, 9.17) is 15.8 Å². The Kier molecular flexibility index (Phi) is 4.90. The molecule has 0 aromatic rings. The third-order valence-electron chi connectivity index (χ3n) is 2.17. The standard InChI is InChI=1S/C9H15N3O4/c10-12(5-3-9(14)15)16-7-6-11-4-1-2-8(11)13/h3,5,10,12H,1-2,4,6-7H2,(H,14,15)/b5-3+. The maximum absolute atomic E-state index is 11.2. The highest BCUT2D eigenvalue weighted by atomic mass is 16.7. The summed E-state index contributed by atoms with van der Waals surface area (Å²) in [5, 5.41) is 8.09. The molecule has 7 nitrogen and oxygen atoms in total. The second kappa shape index (κ2) is 6.21. The lowest BCUT2D eigenvalue weighted by Crippen LogP contribution is -2.99. The average molecular weight is 229 g/mol. The predicted molar refractivity (Wildman–Crippen MR) is 53.8 cm³/mol. The fraction of sp³-hybridized carbons (Fsp3) is 0.556. The molecule has 0 bridgehead atoms. The lowest BCUT2D eigenvalue weighted by atomic mass is 10.4. The number of carboxylic acids is 1. The Morgan fingerprint density at radius 3 is 3.00 bits per heavy atom. The summed E-state index contributed by atoms with van der Waals surface area (Å²) in [5.74, 6) is 6.22. The fourth-order valence-corrected chi connectivity index (χ4v) is 1.40. The molecule has 0 aromatic heterocycles. The molecule has 7 heteroatoms. The minimum atomic E-state index is -1.12. The van der Waals surface area contributed by atoms with Gasteiger partial charge < -0.3 is 15.8 Å². The van der Waals surface area contributed by atoms with E-state index in [1.165, 1.54) is 0 Å². The summed E-state index contributed by atoms with van der Waals surface area (Å²) in [4.78, 5) is 27.9. The number of hydrogen-bond donors (Lipinski definition) is 2. The van der Waals surface area contributed by atoms with Crippen LogP contribution >= 0.6 is 0 Å². The average Bonchev–Trinajstić information content (AvgIpc) is 2.61. The number of hydrogen-bond acceptors (Lipinski definition) is 3. The van der Waals surface area contributed by atoms with Crippen LogP contribution in [0.25, 0.3) is 5.84 Å². The number of carbonyl (C=O) groups excluding carboxylic acids is 1. The first-order valence-electron chi connectivity index (χ1n) is 4.99. The van der Waals surface area contributed by atoms with Gasteiger partial charge in [0.25, 0.3) is 0 Å². The summed E-state index contributed by atoms with van der Waals surface area (Å²) in [5.41, 5.74) is 0. The number of likely N-dealkylation sites (tertiary alicyclic amines) is 1. The largest absolute Gasteiger partial charge is 0.478 e. The van der Waals surface area contributed by atoms with Crippen LogP contribution in [0.2, 0.25) is 0 Å². The molecule has 90 valence electrons. The van der Waals surface area contributed by atoms with Crippen LogP contribution in [0.3, 0.4) is 0 Å². The molecule has 1 fully saturated rings. The van der Waals surface area contributed by atoms with Crippen molar-refractivity contribution in [2.75, 3.05) is 19.7 Å². The minimum Gasteiger partial charge on any atom is -0.478 e. The normalized spacial score (nSPS) is 18.3. The zero-order valence-corrected chi connectivity index (χ0v) is 8.81. The van der Waals surface area contributed by atoms with Crippen LogP contribution in [0.1, 0.15) is 12.8 Å². The van der Waals surface area contributed by atoms with Crippen molar-refractivity contribution in [3.05, 3.63) is 18.1 Å². The van der Waals surface area contributed by atoms with E-state index in [0.29, 0.717) is 13.0 Å². The summed E-state index contributed by atoms with van der Waals surface area (Å²) < 4.78 is 0. The predicted octanol–water partition coefficient (Wildman–Crippen LogP) is -1.01. The molecule has 1 rings (SSSR count). The molecule has 1 amide bonds. The molecule has 0 saturated carbocycles. The van der Waals surface area contributed by atoms with E-state index >= 15 is 0 Å². The summed E-state index contributed by atoms with van der Waals surface area (Å²) in [7, 11) is 0. The first-order valence-corrected chi connectivity index (χ1v) is 4.99. The first kappa shape index (κ1) is 12.6. The van der Waals surface area contributed by atoms with Crippen LogP contribution in [0.15, 0.2) is 12.3 Å². The molecule has 3 N–H and O–H groups in total. The van der Waals surface area contributed by atoms with E-state index in [2.05, 4.69) is 0 Å². The highest BCUT2D eigenvalue weighted by Gasteiger charge is 2.19. The monoisotopic (exact) mass is 229 g/mol. The highest BCUT2D eigenvalue weighted by molar-refractivity contribution is 5.79. The van der Waals surface area contributed by atoms with Crippen molar-refractivity contribution in [1.82, 2.24) is 4.90 Å². The number of quaternary nitrogens is 1. The molecule has 1 unspecified atom stereocenters. The topological polar surface area (TPSA) is 95.1 Å². The van der Waals surface area contributed by atoms with E-state index in [-0.39, 0.29) is 17.7 Å². The Labute approximate surface area is 93.0 Å². The Balaban J connectivity index is 2.15. The fourth-order valence-electron chi connectivity index (χ4n) is 1.40. The second-order valence-electron chi connectivity index (χ2n) is 3.37. The van der Waals surface area contributed by atoms with Crippen LogP contribution in [-0.4, -0.2) is 41.6 Å². The molecule has 0 aromatic carbocycles. The van der Waals surface area contributed by atoms with Crippen molar-refractivity contribution >= 4 is 11.9 Å². The molecule has 0 spiro atoms. The third kappa shape index (κ3) is 4.39. The Morgan fingerprint density at radius 2 is 2.44 bits per heavy atom. The molecule has 1 aliphatic heterocycles. The third-order valence-corrected chi connectivity index (χ3v) is 2.17. The van der Waals surface area contributed by atoms with Gasteiger partial charge >= 0.3 is 5.97 Å². The maximum Gasteiger partial charge on any atom is 0.333 e. The lowest BCUT2D eigenvalue weighted by molar-refractivity contribution is -1.01. The van der Waals surface area contributed by atoms with Crippen molar-refractivity contribution in [2.24, 2.45) is 0 Å². The van der Waals surface area contributed by atoms with Gasteiger partial charge in [-0.05, 0) is 6.42 Å². The molecule has 1 aliphatic rings. The number of amides is 1. The Morgan fingerprint density at radius 1 is 1.69 bits per heavy atom. The van der Waals surface area contributed by atoms with Crippen LogP contribution in [0.5, 0.6) is 0 Å². The van der Waals surface area contributed by atoms with Crippen molar-refractivity contribution < 1.29 is 24.7 Å². The molecule has 0 radical (unpaired) electrons. The number of carboxylic acid groups (broad SMARTS) is 1. The van der Waals surface area contributed by atoms with Crippen LogP contribution in [0.4, 0.5) is 0 Å². The van der Waals surface area contributed by atoms with Crippen LogP contribution in [-0.2, 0) is 14.4 Å². The van der Waals surface area contributed by atoms with Crippen molar-refractivity contribution in [3.8, 4) is 0 Å². The Hall–Kier alpha value is -1.44. The summed E-state index contributed by atoms with van der Waals surface area (Å²) in [6.07, 6.45) is 3.35. The maximum atomic E-state index is 11.2. The highest BCUT2D eigenvalue weighted by Crippen LogP contribution is 2.07. The quantitative estimate of drug-likeness (QED) is 0.450. The molecule has 1 heterocycles. The molecule has 0 aliphatic carbocycles. The van der Waals surface area contributed by atoms with Gasteiger partial charge in [0.15, 0.2) is 0 Å². The van der Waals surface area contributed by atoms with Gasteiger partial charge in [0.1, 0.15) is 12.8 Å². The number of nitrogens with one attached hydrogen (secondary N) is 2. The van der Waals surface area contributed by atoms with Gasteiger partial charge in [-0.2, -0.15) is 0 Å². The zero-order chi connectivity index (χ0) is 12.0. The lowest BCUT2D eigenvalue weighted by Gasteiger charge is -2.18. The summed E-state index contributed by atoms with van der Waals surface area (Å²) >= 11 is 0. The van der Waals surface area contributed by atoms with Gasteiger partial charge in [-0.3, -0.25) is 4.79 Å². The SMILES string of the molecule is [NH-][NH+](/C=C/C(=O)O)OCCN1CCCC1=O. The second-order valence-corrected chi connectivity index (χ2v) is 3.37. The molecular formula is C9H15N3O4. The minimum absolute atomic E-state index is 0.108. The van der Waals surface area contributed by atoms with Gasteiger partial charge in [-0.15, -0.1) is 0 Å². The first-order chi connectivity index (χ1) is 7.59. The number of hydroxylamine groups is 1. The van der Waals surface area contributed by atoms with Gasteiger partial charge in [0.05, 0.1) is 6.08 Å². The molecule has 1 atom stereocenters. The smallest absolute Gasteiger partial charge is 0.333 e. The van der Waals surface area contributed by atoms with Crippen molar-refractivity contribution in [2.45, 2.75) is 12.8 Å². The molecule has 1 saturated heterocycles.